The standard InChI is InChI=1S/C15H20O8/c1-4-5-6-10-20-15(17)22-23-21-14(16)11-8-7-9-12(18-2)13(11)19-3/h7-9H,4-6,10H2,1-3H3. The Morgan fingerprint density at radius 1 is 1.04 bits per heavy atom. The fraction of sp³-hybridized carbons (Fsp3) is 0.467. The van der Waals surface area contributed by atoms with E-state index in [1.54, 1.807) is 12.1 Å². The van der Waals surface area contributed by atoms with Gasteiger partial charge in [-0.3, -0.25) is 4.89 Å². The topological polar surface area (TPSA) is 89.5 Å². The SMILES string of the molecule is CCCCCOC(=O)OOOC(=O)c1cccc(OC)c1OC. The summed E-state index contributed by atoms with van der Waals surface area (Å²) in [6, 6.07) is 4.62. The predicted molar refractivity (Wildman–Crippen MR) is 78.0 cm³/mol. The van der Waals surface area contributed by atoms with Crippen LogP contribution in [0.4, 0.5) is 4.79 Å². The molecule has 0 fully saturated rings. The van der Waals surface area contributed by atoms with Gasteiger partial charge in [-0.2, -0.15) is 0 Å². The van der Waals surface area contributed by atoms with Crippen LogP contribution in [0, 0.1) is 0 Å². The molecule has 0 atom stereocenters. The minimum absolute atomic E-state index is 0.0479. The van der Waals surface area contributed by atoms with E-state index < -0.39 is 12.1 Å². The fourth-order valence-corrected chi connectivity index (χ4v) is 1.70. The fourth-order valence-electron chi connectivity index (χ4n) is 1.70. The second kappa shape index (κ2) is 10.3. The van der Waals surface area contributed by atoms with E-state index in [0.717, 1.165) is 12.8 Å². The minimum Gasteiger partial charge on any atom is -0.493 e. The molecule has 0 aliphatic heterocycles. The van der Waals surface area contributed by atoms with Crippen LogP contribution in [0.5, 0.6) is 11.5 Å². The van der Waals surface area contributed by atoms with Gasteiger partial charge in [-0.15, -0.1) is 0 Å². The van der Waals surface area contributed by atoms with E-state index in [1.807, 2.05) is 6.92 Å². The number of carbonyl (C=O) groups is 2. The van der Waals surface area contributed by atoms with Crippen molar-refractivity contribution in [2.75, 3.05) is 20.8 Å². The largest absolute Gasteiger partial charge is 0.543 e. The minimum atomic E-state index is -1.09. The van der Waals surface area contributed by atoms with Crippen molar-refractivity contribution in [1.29, 1.82) is 0 Å². The van der Waals surface area contributed by atoms with E-state index in [1.165, 1.54) is 20.3 Å². The van der Waals surface area contributed by atoms with Crippen molar-refractivity contribution in [3.63, 3.8) is 0 Å². The summed E-state index contributed by atoms with van der Waals surface area (Å²) < 4.78 is 14.8. The number of unbranched alkanes of at least 4 members (excludes halogenated alkanes) is 2. The quantitative estimate of drug-likeness (QED) is 0.296. The third-order valence-corrected chi connectivity index (χ3v) is 2.80. The molecule has 1 aromatic rings. The first-order valence-corrected chi connectivity index (χ1v) is 7.07. The van der Waals surface area contributed by atoms with Crippen molar-refractivity contribution in [3.05, 3.63) is 23.8 Å². The third-order valence-electron chi connectivity index (χ3n) is 2.80. The molecule has 0 bridgehead atoms. The number of rotatable bonds is 9. The van der Waals surface area contributed by atoms with Crippen molar-refractivity contribution < 1.29 is 38.6 Å². The van der Waals surface area contributed by atoms with Crippen molar-refractivity contribution in [1.82, 2.24) is 0 Å². The molecule has 0 unspecified atom stereocenters. The van der Waals surface area contributed by atoms with E-state index >= 15 is 0 Å². The molecule has 0 aliphatic rings. The lowest BCUT2D eigenvalue weighted by molar-refractivity contribution is -0.452. The molecule has 8 heteroatoms. The summed E-state index contributed by atoms with van der Waals surface area (Å²) in [5, 5.41) is 4.12. The van der Waals surface area contributed by atoms with Crippen LogP contribution in [0.15, 0.2) is 18.2 Å². The van der Waals surface area contributed by atoms with Gasteiger partial charge in [0.15, 0.2) is 11.5 Å². The van der Waals surface area contributed by atoms with Crippen molar-refractivity contribution >= 4 is 12.1 Å². The smallest absolute Gasteiger partial charge is 0.493 e. The highest BCUT2D eigenvalue weighted by Crippen LogP contribution is 2.31. The van der Waals surface area contributed by atoms with Crippen molar-refractivity contribution in [3.8, 4) is 11.5 Å². The molecule has 0 heterocycles. The third kappa shape index (κ3) is 6.03. The molecular weight excluding hydrogens is 308 g/mol. The highest BCUT2D eigenvalue weighted by atomic mass is 17.5. The molecule has 0 N–H and O–H groups in total. The van der Waals surface area contributed by atoms with Crippen LogP contribution in [-0.2, 0) is 19.6 Å². The van der Waals surface area contributed by atoms with Crippen LogP contribution in [0.3, 0.4) is 0 Å². The first-order chi connectivity index (χ1) is 11.1. The van der Waals surface area contributed by atoms with Gasteiger partial charge < -0.3 is 14.2 Å². The van der Waals surface area contributed by atoms with Gasteiger partial charge in [0.25, 0.3) is 0 Å². The van der Waals surface area contributed by atoms with Gasteiger partial charge in [0.05, 0.1) is 25.9 Å². The van der Waals surface area contributed by atoms with E-state index in [9.17, 15) is 9.59 Å². The van der Waals surface area contributed by atoms with Crippen LogP contribution in [0.25, 0.3) is 0 Å². The highest BCUT2D eigenvalue weighted by Gasteiger charge is 2.19. The zero-order valence-corrected chi connectivity index (χ0v) is 13.3. The maximum Gasteiger partial charge on any atom is 0.543 e. The molecule has 0 aromatic heterocycles. The zero-order valence-electron chi connectivity index (χ0n) is 13.3. The first-order valence-electron chi connectivity index (χ1n) is 7.07. The van der Waals surface area contributed by atoms with Gasteiger partial charge in [0, 0.05) is 0 Å². The number of carbonyl (C=O) groups excluding carboxylic acids is 2. The summed E-state index contributed by atoms with van der Waals surface area (Å²) in [6.45, 7) is 2.22. The second-order valence-electron chi connectivity index (χ2n) is 4.37. The molecule has 8 nitrogen and oxygen atoms in total. The van der Waals surface area contributed by atoms with Crippen LogP contribution in [0.2, 0.25) is 0 Å². The number of hydrogen-bond acceptors (Lipinski definition) is 8. The Labute approximate surface area is 134 Å². The molecule has 0 saturated heterocycles. The van der Waals surface area contributed by atoms with Gasteiger partial charge in [0.1, 0.15) is 5.56 Å². The molecule has 0 saturated carbocycles. The molecule has 128 valence electrons. The normalized spacial score (nSPS) is 9.87. The molecule has 0 spiro atoms. The summed E-state index contributed by atoms with van der Waals surface area (Å²) >= 11 is 0. The average molecular weight is 328 g/mol. The van der Waals surface area contributed by atoms with Crippen molar-refractivity contribution in [2.45, 2.75) is 26.2 Å². The Hall–Kier alpha value is -2.48. The van der Waals surface area contributed by atoms with Gasteiger partial charge in [-0.25, -0.2) is 14.5 Å². The Balaban J connectivity index is 2.44. The van der Waals surface area contributed by atoms with E-state index in [-0.39, 0.29) is 17.9 Å². The second-order valence-corrected chi connectivity index (χ2v) is 4.37. The highest BCUT2D eigenvalue weighted by molar-refractivity contribution is 5.93. The van der Waals surface area contributed by atoms with E-state index in [2.05, 4.69) is 14.8 Å². The summed E-state index contributed by atoms with van der Waals surface area (Å²) in [6.07, 6.45) is 1.55. The predicted octanol–water partition coefficient (Wildman–Crippen LogP) is 3.05. The molecule has 0 aliphatic carbocycles. The Kier molecular flexibility index (Phi) is 8.30. The van der Waals surface area contributed by atoms with Gasteiger partial charge in [-0.05, 0) is 18.6 Å². The van der Waals surface area contributed by atoms with Gasteiger partial charge in [0.2, 0.25) is 0 Å². The Morgan fingerprint density at radius 3 is 2.48 bits per heavy atom. The van der Waals surface area contributed by atoms with Gasteiger partial charge in [-0.1, -0.05) is 25.8 Å². The number of methoxy groups -OCH3 is 2. The maximum absolute atomic E-state index is 11.9. The van der Waals surface area contributed by atoms with E-state index in [4.69, 9.17) is 14.2 Å². The molecule has 23 heavy (non-hydrogen) atoms. The number of ether oxygens (including phenoxy) is 3. The maximum atomic E-state index is 11.9. The number of hydrogen-bond donors (Lipinski definition) is 0. The van der Waals surface area contributed by atoms with E-state index in [0.29, 0.717) is 12.2 Å². The first kappa shape index (κ1) is 18.6. The summed E-state index contributed by atoms with van der Waals surface area (Å²) in [5.41, 5.74) is 0.0479. The van der Waals surface area contributed by atoms with Crippen LogP contribution >= 0.6 is 0 Å². The van der Waals surface area contributed by atoms with Gasteiger partial charge >= 0.3 is 12.1 Å². The number of para-hydroxylation sites is 1. The lowest BCUT2D eigenvalue weighted by Gasteiger charge is -2.10. The summed E-state index contributed by atoms with van der Waals surface area (Å²) in [4.78, 5) is 31.5. The molecule has 0 amide bonds. The molecule has 0 radical (unpaired) electrons. The van der Waals surface area contributed by atoms with Crippen molar-refractivity contribution in [2.24, 2.45) is 0 Å². The summed E-state index contributed by atoms with van der Waals surface area (Å²) in [7, 11) is 2.81. The Morgan fingerprint density at radius 2 is 1.83 bits per heavy atom. The molecule has 1 aromatic carbocycles. The Bertz CT molecular complexity index is 514. The van der Waals surface area contributed by atoms with Crippen LogP contribution in [-0.4, -0.2) is 33.0 Å². The number of benzene rings is 1. The lowest BCUT2D eigenvalue weighted by atomic mass is 10.2. The lowest BCUT2D eigenvalue weighted by Crippen LogP contribution is -2.13. The monoisotopic (exact) mass is 328 g/mol. The average Bonchev–Trinajstić information content (AvgIpc) is 2.57. The molecule has 1 rings (SSSR count). The zero-order chi connectivity index (χ0) is 17.1. The van der Waals surface area contributed by atoms with Crippen LogP contribution < -0.4 is 9.47 Å². The van der Waals surface area contributed by atoms with Crippen LogP contribution in [0.1, 0.15) is 36.5 Å². The molecular formula is C15H20O8. The summed E-state index contributed by atoms with van der Waals surface area (Å²) in [5.74, 6) is -0.400.